The Morgan fingerprint density at radius 1 is 1.11 bits per heavy atom. The van der Waals surface area contributed by atoms with E-state index in [1.165, 1.54) is 0 Å². The van der Waals surface area contributed by atoms with Crippen molar-refractivity contribution in [2.45, 2.75) is 20.3 Å². The minimum atomic E-state index is -0.245. The second kappa shape index (κ2) is 3.98. The van der Waals surface area contributed by atoms with Gasteiger partial charge in [-0.2, -0.15) is 0 Å². The third-order valence-corrected chi connectivity index (χ3v) is 3.31. The van der Waals surface area contributed by atoms with E-state index in [1.807, 2.05) is 32.0 Å². The van der Waals surface area contributed by atoms with Crippen molar-refractivity contribution in [2.75, 3.05) is 0 Å². The first kappa shape index (κ1) is 11.0. The monoisotopic (exact) mass is 241 g/mol. The number of aromatic nitrogens is 3. The fraction of sp³-hybridized carbons (Fsp3) is 0.214. The molecule has 4 heteroatoms. The normalized spacial score (nSPS) is 11.3. The predicted octanol–water partition coefficient (Wildman–Crippen LogP) is 3.19. The van der Waals surface area contributed by atoms with Crippen molar-refractivity contribution in [3.63, 3.8) is 0 Å². The standard InChI is InChI=1S/C14H12FN3/c1-3-11-12-13(15)10-7-5-4-6-9(10)8(2)14(12)17-18-16-11/h4-7H,3H2,1-2H3. The van der Waals surface area contributed by atoms with E-state index in [0.29, 0.717) is 28.4 Å². The topological polar surface area (TPSA) is 38.7 Å². The molecule has 3 aromatic rings. The second-order valence-electron chi connectivity index (χ2n) is 4.30. The lowest BCUT2D eigenvalue weighted by atomic mass is 9.99. The molecule has 1 aromatic heterocycles. The number of hydrogen-bond acceptors (Lipinski definition) is 3. The number of nitrogens with zero attached hydrogens (tertiary/aromatic N) is 3. The van der Waals surface area contributed by atoms with Gasteiger partial charge in [-0.25, -0.2) is 4.39 Å². The molecule has 0 N–H and O–H groups in total. The van der Waals surface area contributed by atoms with Crippen molar-refractivity contribution in [1.82, 2.24) is 15.4 Å². The highest BCUT2D eigenvalue weighted by Gasteiger charge is 2.15. The summed E-state index contributed by atoms with van der Waals surface area (Å²) in [5.41, 5.74) is 2.22. The zero-order chi connectivity index (χ0) is 12.7. The van der Waals surface area contributed by atoms with Gasteiger partial charge in [-0.05, 0) is 29.5 Å². The Morgan fingerprint density at radius 2 is 1.83 bits per heavy atom. The van der Waals surface area contributed by atoms with Crippen LogP contribution in [-0.4, -0.2) is 15.4 Å². The molecule has 0 atom stereocenters. The summed E-state index contributed by atoms with van der Waals surface area (Å²) in [4.78, 5) is 0. The van der Waals surface area contributed by atoms with E-state index in [0.717, 1.165) is 10.9 Å². The zero-order valence-corrected chi connectivity index (χ0v) is 10.2. The Morgan fingerprint density at radius 3 is 2.56 bits per heavy atom. The van der Waals surface area contributed by atoms with Gasteiger partial charge < -0.3 is 0 Å². The van der Waals surface area contributed by atoms with Gasteiger partial charge in [-0.1, -0.05) is 31.2 Å². The van der Waals surface area contributed by atoms with Crippen LogP contribution in [0.15, 0.2) is 24.3 Å². The van der Waals surface area contributed by atoms with Crippen LogP contribution in [-0.2, 0) is 6.42 Å². The van der Waals surface area contributed by atoms with Crippen molar-refractivity contribution in [3.05, 3.63) is 41.3 Å². The van der Waals surface area contributed by atoms with Crippen LogP contribution >= 0.6 is 0 Å². The van der Waals surface area contributed by atoms with Crippen molar-refractivity contribution < 1.29 is 4.39 Å². The highest BCUT2D eigenvalue weighted by Crippen LogP contribution is 2.30. The molecule has 0 amide bonds. The zero-order valence-electron chi connectivity index (χ0n) is 10.2. The molecule has 0 radical (unpaired) electrons. The third-order valence-electron chi connectivity index (χ3n) is 3.31. The van der Waals surface area contributed by atoms with Crippen LogP contribution in [0.2, 0.25) is 0 Å². The van der Waals surface area contributed by atoms with Crippen molar-refractivity contribution in [3.8, 4) is 0 Å². The molecule has 0 bridgehead atoms. The largest absolute Gasteiger partial charge is 0.205 e. The highest BCUT2D eigenvalue weighted by molar-refractivity contribution is 6.01. The summed E-state index contributed by atoms with van der Waals surface area (Å²) in [5, 5.41) is 13.7. The highest BCUT2D eigenvalue weighted by atomic mass is 19.1. The molecule has 0 aliphatic heterocycles. The summed E-state index contributed by atoms with van der Waals surface area (Å²) >= 11 is 0. The van der Waals surface area contributed by atoms with E-state index in [-0.39, 0.29) is 5.82 Å². The average molecular weight is 241 g/mol. The Labute approximate surface area is 104 Å². The van der Waals surface area contributed by atoms with Gasteiger partial charge in [0.2, 0.25) is 0 Å². The van der Waals surface area contributed by atoms with Gasteiger partial charge in [0, 0.05) is 5.39 Å². The lowest BCUT2D eigenvalue weighted by Gasteiger charge is -2.09. The van der Waals surface area contributed by atoms with E-state index in [1.54, 1.807) is 6.07 Å². The number of benzene rings is 2. The Kier molecular flexibility index (Phi) is 2.44. The molecular formula is C14H12FN3. The molecule has 0 aliphatic carbocycles. The van der Waals surface area contributed by atoms with E-state index in [2.05, 4.69) is 15.4 Å². The molecule has 0 saturated heterocycles. The molecule has 3 rings (SSSR count). The molecule has 0 unspecified atom stereocenters. The number of rotatable bonds is 1. The van der Waals surface area contributed by atoms with Gasteiger partial charge in [0.1, 0.15) is 11.3 Å². The Bertz CT molecular complexity index is 753. The van der Waals surface area contributed by atoms with E-state index in [9.17, 15) is 4.39 Å². The first-order valence-electron chi connectivity index (χ1n) is 5.92. The number of aryl methyl sites for hydroxylation is 2. The number of fused-ring (bicyclic) bond motifs is 2. The average Bonchev–Trinajstić information content (AvgIpc) is 2.44. The van der Waals surface area contributed by atoms with Crippen LogP contribution in [0.5, 0.6) is 0 Å². The van der Waals surface area contributed by atoms with Crippen molar-refractivity contribution >= 4 is 21.7 Å². The fourth-order valence-electron chi connectivity index (χ4n) is 2.36. The van der Waals surface area contributed by atoms with E-state index < -0.39 is 0 Å². The summed E-state index contributed by atoms with van der Waals surface area (Å²) in [6.45, 7) is 3.88. The quantitative estimate of drug-likeness (QED) is 0.614. The minimum Gasteiger partial charge on any atom is -0.205 e. The SMILES string of the molecule is CCc1nnnc2c(C)c3ccccc3c(F)c12. The van der Waals surface area contributed by atoms with Crippen LogP contribution in [0, 0.1) is 12.7 Å². The first-order valence-corrected chi connectivity index (χ1v) is 5.92. The second-order valence-corrected chi connectivity index (χ2v) is 4.30. The molecule has 0 spiro atoms. The first-order chi connectivity index (χ1) is 8.74. The van der Waals surface area contributed by atoms with E-state index in [4.69, 9.17) is 0 Å². The predicted molar refractivity (Wildman–Crippen MR) is 68.9 cm³/mol. The number of hydrogen-bond donors (Lipinski definition) is 0. The van der Waals surface area contributed by atoms with Gasteiger partial charge in [-0.15, -0.1) is 10.2 Å². The maximum absolute atomic E-state index is 14.6. The molecular weight excluding hydrogens is 229 g/mol. The van der Waals surface area contributed by atoms with Crippen LogP contribution in [0.3, 0.4) is 0 Å². The van der Waals surface area contributed by atoms with Crippen LogP contribution in [0.25, 0.3) is 21.7 Å². The van der Waals surface area contributed by atoms with Gasteiger partial charge >= 0.3 is 0 Å². The lowest BCUT2D eigenvalue weighted by Crippen LogP contribution is -2.01. The molecule has 0 aliphatic rings. The molecule has 0 saturated carbocycles. The summed E-state index contributed by atoms with van der Waals surface area (Å²) < 4.78 is 14.6. The van der Waals surface area contributed by atoms with E-state index >= 15 is 0 Å². The summed E-state index contributed by atoms with van der Waals surface area (Å²) in [7, 11) is 0. The van der Waals surface area contributed by atoms with Gasteiger partial charge in [0.05, 0.1) is 11.1 Å². The van der Waals surface area contributed by atoms with Crippen LogP contribution in [0.4, 0.5) is 4.39 Å². The summed E-state index contributed by atoms with van der Waals surface area (Å²) in [5.74, 6) is -0.245. The van der Waals surface area contributed by atoms with Crippen LogP contribution in [0.1, 0.15) is 18.2 Å². The van der Waals surface area contributed by atoms with Gasteiger partial charge in [0.25, 0.3) is 0 Å². The minimum absolute atomic E-state index is 0.245. The fourth-order valence-corrected chi connectivity index (χ4v) is 2.36. The Hall–Kier alpha value is -2.10. The smallest absolute Gasteiger partial charge is 0.142 e. The van der Waals surface area contributed by atoms with Crippen LogP contribution < -0.4 is 0 Å². The maximum Gasteiger partial charge on any atom is 0.142 e. The molecule has 1 heterocycles. The molecule has 18 heavy (non-hydrogen) atoms. The molecule has 90 valence electrons. The summed E-state index contributed by atoms with van der Waals surface area (Å²) in [6, 6.07) is 7.43. The third kappa shape index (κ3) is 1.38. The molecule has 2 aromatic carbocycles. The number of halogens is 1. The Balaban J connectivity index is 2.63. The van der Waals surface area contributed by atoms with Gasteiger partial charge in [0.15, 0.2) is 0 Å². The van der Waals surface area contributed by atoms with Crippen molar-refractivity contribution in [1.29, 1.82) is 0 Å². The molecule has 0 fully saturated rings. The summed E-state index contributed by atoms with van der Waals surface area (Å²) in [6.07, 6.45) is 0.640. The molecule has 3 nitrogen and oxygen atoms in total. The van der Waals surface area contributed by atoms with Gasteiger partial charge in [-0.3, -0.25) is 0 Å². The lowest BCUT2D eigenvalue weighted by molar-refractivity contribution is 0.647. The van der Waals surface area contributed by atoms with Crippen molar-refractivity contribution in [2.24, 2.45) is 0 Å². The maximum atomic E-state index is 14.6.